The number of hydrogen-bond acceptors (Lipinski definition) is 5. The molecular weight excluding hydrogens is 262 g/mol. The third-order valence-electron chi connectivity index (χ3n) is 2.34. The largest absolute Gasteiger partial charge is 0.464 e. The molecule has 0 aliphatic heterocycles. The molecule has 2 N–H and O–H groups in total. The Morgan fingerprint density at radius 3 is 2.20 bits per heavy atom. The molecule has 0 fully saturated rings. The van der Waals surface area contributed by atoms with Gasteiger partial charge in [-0.05, 0) is 40.0 Å². The number of aliphatic hydroxyl groups is 1. The minimum atomic E-state index is -1.40. The van der Waals surface area contributed by atoms with Gasteiger partial charge in [-0.2, -0.15) is 0 Å². The Kier molecular flexibility index (Phi) is 7.57. The van der Waals surface area contributed by atoms with Gasteiger partial charge >= 0.3 is 12.1 Å². The second kappa shape index (κ2) is 8.09. The Hall–Kier alpha value is -1.30. The van der Waals surface area contributed by atoms with Crippen LogP contribution in [0.15, 0.2) is 0 Å². The number of alkyl carbamates (subject to hydrolysis) is 1. The summed E-state index contributed by atoms with van der Waals surface area (Å²) in [5.74, 6) is -0.548. The van der Waals surface area contributed by atoms with Crippen molar-refractivity contribution in [3.8, 4) is 0 Å². The molecule has 0 aromatic rings. The molecule has 0 rings (SSSR count). The molecule has 0 aliphatic rings. The fraction of sp³-hybridized carbons (Fsp3) is 0.857. The average molecular weight is 289 g/mol. The first-order valence-corrected chi connectivity index (χ1v) is 6.91. The van der Waals surface area contributed by atoms with E-state index in [0.29, 0.717) is 6.42 Å². The minimum absolute atomic E-state index is 0.177. The fourth-order valence-corrected chi connectivity index (χ4v) is 1.63. The van der Waals surface area contributed by atoms with Gasteiger partial charge in [0.2, 0.25) is 0 Å². The zero-order chi connectivity index (χ0) is 15.9. The maximum Gasteiger partial charge on any atom is 0.407 e. The molecule has 6 heteroatoms. The number of esters is 1. The highest BCUT2D eigenvalue weighted by Gasteiger charge is 2.30. The highest BCUT2D eigenvalue weighted by molar-refractivity contribution is 5.77. The van der Waals surface area contributed by atoms with E-state index in [4.69, 9.17) is 9.47 Å². The van der Waals surface area contributed by atoms with Crippen LogP contribution in [-0.4, -0.2) is 41.5 Å². The van der Waals surface area contributed by atoms with Crippen molar-refractivity contribution >= 4 is 12.1 Å². The molecule has 1 amide bonds. The van der Waals surface area contributed by atoms with Crippen molar-refractivity contribution in [2.24, 2.45) is 5.92 Å². The quantitative estimate of drug-likeness (QED) is 0.729. The van der Waals surface area contributed by atoms with E-state index >= 15 is 0 Å². The number of rotatable bonds is 6. The number of ether oxygens (including phenoxy) is 2. The van der Waals surface area contributed by atoms with E-state index in [0.717, 1.165) is 0 Å². The molecule has 0 saturated heterocycles. The van der Waals surface area contributed by atoms with Crippen LogP contribution in [0.2, 0.25) is 0 Å². The van der Waals surface area contributed by atoms with Gasteiger partial charge in [0, 0.05) is 0 Å². The van der Waals surface area contributed by atoms with Gasteiger partial charge < -0.3 is 19.9 Å². The first-order valence-electron chi connectivity index (χ1n) is 6.91. The van der Waals surface area contributed by atoms with Crippen molar-refractivity contribution in [3.05, 3.63) is 0 Å². The molecule has 118 valence electrons. The highest BCUT2D eigenvalue weighted by atomic mass is 16.6. The molecule has 6 nitrogen and oxygen atoms in total. The van der Waals surface area contributed by atoms with E-state index < -0.39 is 29.8 Å². The number of carbonyl (C=O) groups is 2. The third kappa shape index (κ3) is 7.99. The Bertz CT molecular complexity index is 322. The van der Waals surface area contributed by atoms with Gasteiger partial charge in [-0.25, -0.2) is 9.59 Å². The number of hydrogen-bond donors (Lipinski definition) is 2. The minimum Gasteiger partial charge on any atom is -0.464 e. The van der Waals surface area contributed by atoms with E-state index in [-0.39, 0.29) is 12.5 Å². The van der Waals surface area contributed by atoms with Gasteiger partial charge in [-0.1, -0.05) is 13.8 Å². The second-order valence-corrected chi connectivity index (χ2v) is 6.08. The maximum atomic E-state index is 11.7. The molecule has 0 aliphatic carbocycles. The van der Waals surface area contributed by atoms with Crippen molar-refractivity contribution in [2.45, 2.75) is 65.7 Å². The number of carbonyl (C=O) groups excluding carboxylic acids is 2. The average Bonchev–Trinajstić information content (AvgIpc) is 2.24. The number of amides is 1. The first kappa shape index (κ1) is 18.7. The summed E-state index contributed by atoms with van der Waals surface area (Å²) in [4.78, 5) is 23.3. The van der Waals surface area contributed by atoms with Crippen LogP contribution >= 0.6 is 0 Å². The molecule has 2 unspecified atom stereocenters. The van der Waals surface area contributed by atoms with E-state index in [2.05, 4.69) is 5.32 Å². The van der Waals surface area contributed by atoms with Crippen LogP contribution in [0, 0.1) is 5.92 Å². The van der Waals surface area contributed by atoms with Crippen LogP contribution in [0.3, 0.4) is 0 Å². The lowest BCUT2D eigenvalue weighted by Crippen LogP contribution is -2.49. The predicted molar refractivity (Wildman–Crippen MR) is 75.3 cm³/mol. The zero-order valence-electron chi connectivity index (χ0n) is 13.2. The maximum absolute atomic E-state index is 11.7. The first-order chi connectivity index (χ1) is 9.06. The molecule has 20 heavy (non-hydrogen) atoms. The Morgan fingerprint density at radius 2 is 1.80 bits per heavy atom. The lowest BCUT2D eigenvalue weighted by atomic mass is 9.99. The van der Waals surface area contributed by atoms with Crippen molar-refractivity contribution in [2.75, 3.05) is 6.61 Å². The molecule has 0 saturated carbocycles. The van der Waals surface area contributed by atoms with Gasteiger partial charge in [0.05, 0.1) is 12.6 Å². The summed E-state index contributed by atoms with van der Waals surface area (Å²) in [5.41, 5.74) is -0.638. The Morgan fingerprint density at radius 1 is 1.25 bits per heavy atom. The lowest BCUT2D eigenvalue weighted by molar-refractivity contribution is -0.154. The molecule has 0 spiro atoms. The topological polar surface area (TPSA) is 84.9 Å². The highest BCUT2D eigenvalue weighted by Crippen LogP contribution is 2.12. The molecular formula is C14H27NO5. The van der Waals surface area contributed by atoms with Crippen LogP contribution in [-0.2, 0) is 14.3 Å². The number of nitrogens with one attached hydrogen (secondary N) is 1. The molecule has 0 aromatic heterocycles. The van der Waals surface area contributed by atoms with E-state index in [1.807, 2.05) is 13.8 Å². The Labute approximate surface area is 120 Å². The normalized spacial score (nSPS) is 14.6. The second-order valence-electron chi connectivity index (χ2n) is 6.08. The summed E-state index contributed by atoms with van der Waals surface area (Å²) in [6, 6.07) is -0.733. The van der Waals surface area contributed by atoms with E-state index in [9.17, 15) is 14.7 Å². The summed E-state index contributed by atoms with van der Waals surface area (Å²) >= 11 is 0. The number of aliphatic hydroxyl groups excluding tert-OH is 1. The van der Waals surface area contributed by atoms with Gasteiger partial charge in [0.25, 0.3) is 0 Å². The van der Waals surface area contributed by atoms with Crippen LogP contribution in [0.4, 0.5) is 4.79 Å². The van der Waals surface area contributed by atoms with Crippen molar-refractivity contribution in [1.82, 2.24) is 5.32 Å². The van der Waals surface area contributed by atoms with Crippen molar-refractivity contribution in [1.29, 1.82) is 0 Å². The summed E-state index contributed by atoms with van der Waals surface area (Å²) in [7, 11) is 0. The SMILES string of the molecule is CCOC(=O)C(O)C(CC(C)C)NC(=O)OC(C)(C)C. The molecule has 0 heterocycles. The zero-order valence-corrected chi connectivity index (χ0v) is 13.2. The van der Waals surface area contributed by atoms with Crippen LogP contribution in [0.1, 0.15) is 48.0 Å². The van der Waals surface area contributed by atoms with Crippen molar-refractivity contribution in [3.63, 3.8) is 0 Å². The molecule has 2 atom stereocenters. The van der Waals surface area contributed by atoms with Crippen LogP contribution in [0.25, 0.3) is 0 Å². The summed E-state index contributed by atoms with van der Waals surface area (Å²) in [5, 5.41) is 12.5. The lowest BCUT2D eigenvalue weighted by Gasteiger charge is -2.26. The fourth-order valence-electron chi connectivity index (χ4n) is 1.63. The van der Waals surface area contributed by atoms with Crippen LogP contribution < -0.4 is 5.32 Å². The van der Waals surface area contributed by atoms with Gasteiger partial charge in [0.1, 0.15) is 5.60 Å². The smallest absolute Gasteiger partial charge is 0.407 e. The van der Waals surface area contributed by atoms with E-state index in [1.165, 1.54) is 0 Å². The molecule has 0 radical (unpaired) electrons. The van der Waals surface area contributed by atoms with Crippen molar-refractivity contribution < 1.29 is 24.2 Å². The summed E-state index contributed by atoms with van der Waals surface area (Å²) < 4.78 is 9.89. The van der Waals surface area contributed by atoms with Crippen LogP contribution in [0.5, 0.6) is 0 Å². The van der Waals surface area contributed by atoms with Gasteiger partial charge in [-0.15, -0.1) is 0 Å². The predicted octanol–water partition coefficient (Wildman–Crippen LogP) is 1.85. The Balaban J connectivity index is 4.71. The monoisotopic (exact) mass is 289 g/mol. The standard InChI is InChI=1S/C14H27NO5/c1-7-19-12(17)11(16)10(8-9(2)3)15-13(18)20-14(4,5)6/h9-11,16H,7-8H2,1-6H3,(H,15,18). The van der Waals surface area contributed by atoms with Gasteiger partial charge in [-0.3, -0.25) is 0 Å². The van der Waals surface area contributed by atoms with Gasteiger partial charge in [0.15, 0.2) is 6.10 Å². The summed E-state index contributed by atoms with van der Waals surface area (Å²) in [6.07, 6.45) is -1.62. The molecule has 0 bridgehead atoms. The molecule has 0 aromatic carbocycles. The van der Waals surface area contributed by atoms with E-state index in [1.54, 1.807) is 27.7 Å². The third-order valence-corrected chi connectivity index (χ3v) is 2.34. The summed E-state index contributed by atoms with van der Waals surface area (Å²) in [6.45, 7) is 10.9.